The van der Waals surface area contributed by atoms with Crippen LogP contribution >= 0.6 is 0 Å². The molecule has 3 rings (SSSR count). The highest BCUT2D eigenvalue weighted by Crippen LogP contribution is 2.24. The summed E-state index contributed by atoms with van der Waals surface area (Å²) < 4.78 is 6.84. The van der Waals surface area contributed by atoms with Crippen molar-refractivity contribution in [2.45, 2.75) is 6.92 Å². The number of carbonyl (C=O) groups excluding carboxylic acids is 1. The standard InChI is InChI=1S/C16H14N2O2/c1-11-17-14-10-6-9-13(16(19)20-2)15(14)18(11)12-7-4-3-5-8-12/h3-10H,1-2H3. The number of aryl methyl sites for hydroxylation is 1. The van der Waals surface area contributed by atoms with E-state index in [2.05, 4.69) is 4.98 Å². The molecule has 4 nitrogen and oxygen atoms in total. The summed E-state index contributed by atoms with van der Waals surface area (Å²) in [6, 6.07) is 15.3. The van der Waals surface area contributed by atoms with E-state index in [0.717, 1.165) is 22.5 Å². The summed E-state index contributed by atoms with van der Waals surface area (Å²) in [5.41, 5.74) is 3.07. The van der Waals surface area contributed by atoms with Crippen LogP contribution in [0.5, 0.6) is 0 Å². The summed E-state index contributed by atoms with van der Waals surface area (Å²) >= 11 is 0. The molecule has 4 heteroatoms. The maximum Gasteiger partial charge on any atom is 0.340 e. The average molecular weight is 266 g/mol. The molecule has 0 aliphatic carbocycles. The van der Waals surface area contributed by atoms with Crippen LogP contribution < -0.4 is 0 Å². The van der Waals surface area contributed by atoms with E-state index < -0.39 is 0 Å². The number of para-hydroxylation sites is 2. The molecule has 100 valence electrons. The maximum absolute atomic E-state index is 12.0. The lowest BCUT2D eigenvalue weighted by Crippen LogP contribution is -2.05. The number of carbonyl (C=O) groups is 1. The molecule has 0 unspecified atom stereocenters. The predicted octanol–water partition coefficient (Wildman–Crippen LogP) is 3.12. The molecule has 0 bridgehead atoms. The zero-order chi connectivity index (χ0) is 14.1. The second-order valence-corrected chi connectivity index (χ2v) is 4.49. The molecule has 0 fully saturated rings. The van der Waals surface area contributed by atoms with E-state index in [-0.39, 0.29) is 5.97 Å². The van der Waals surface area contributed by atoms with Gasteiger partial charge in [0, 0.05) is 5.69 Å². The van der Waals surface area contributed by atoms with Gasteiger partial charge in [0.05, 0.1) is 23.7 Å². The van der Waals surface area contributed by atoms with Gasteiger partial charge in [0.1, 0.15) is 5.82 Å². The summed E-state index contributed by atoms with van der Waals surface area (Å²) in [6.45, 7) is 1.92. The van der Waals surface area contributed by atoms with Gasteiger partial charge in [-0.3, -0.25) is 4.57 Å². The molecule has 0 saturated heterocycles. The Balaban J connectivity index is 2.37. The number of methoxy groups -OCH3 is 1. The van der Waals surface area contributed by atoms with Crippen molar-refractivity contribution in [2.24, 2.45) is 0 Å². The summed E-state index contributed by atoms with van der Waals surface area (Å²) in [5, 5.41) is 0. The number of fused-ring (bicyclic) bond motifs is 1. The first-order chi connectivity index (χ1) is 9.72. The molecule has 0 saturated carbocycles. The minimum atomic E-state index is -0.354. The van der Waals surface area contributed by atoms with E-state index in [1.807, 2.05) is 54.0 Å². The number of esters is 1. The molecule has 20 heavy (non-hydrogen) atoms. The van der Waals surface area contributed by atoms with Gasteiger partial charge in [0.15, 0.2) is 0 Å². The van der Waals surface area contributed by atoms with Gasteiger partial charge in [-0.25, -0.2) is 9.78 Å². The van der Waals surface area contributed by atoms with Crippen molar-refractivity contribution in [3.8, 4) is 5.69 Å². The van der Waals surface area contributed by atoms with E-state index in [1.165, 1.54) is 7.11 Å². The van der Waals surface area contributed by atoms with Crippen LogP contribution in [0.2, 0.25) is 0 Å². The number of benzene rings is 2. The highest BCUT2D eigenvalue weighted by molar-refractivity contribution is 6.02. The quantitative estimate of drug-likeness (QED) is 0.669. The second-order valence-electron chi connectivity index (χ2n) is 4.49. The lowest BCUT2D eigenvalue weighted by atomic mass is 10.1. The van der Waals surface area contributed by atoms with Gasteiger partial charge in [0.2, 0.25) is 0 Å². The number of aromatic nitrogens is 2. The molecule has 0 atom stereocenters. The van der Waals surface area contributed by atoms with E-state index in [4.69, 9.17) is 4.74 Å². The van der Waals surface area contributed by atoms with Crippen molar-refractivity contribution in [3.05, 3.63) is 59.9 Å². The number of imidazole rings is 1. The van der Waals surface area contributed by atoms with E-state index in [9.17, 15) is 4.79 Å². The first-order valence-corrected chi connectivity index (χ1v) is 6.34. The Bertz CT molecular complexity index is 776. The number of hydrogen-bond acceptors (Lipinski definition) is 3. The van der Waals surface area contributed by atoms with Crippen LogP contribution in [0.4, 0.5) is 0 Å². The van der Waals surface area contributed by atoms with E-state index >= 15 is 0 Å². The third-order valence-electron chi connectivity index (χ3n) is 3.26. The fourth-order valence-corrected chi connectivity index (χ4v) is 2.41. The Kier molecular flexibility index (Phi) is 2.99. The van der Waals surface area contributed by atoms with Crippen molar-refractivity contribution >= 4 is 17.0 Å². The van der Waals surface area contributed by atoms with Gasteiger partial charge in [-0.1, -0.05) is 24.3 Å². The van der Waals surface area contributed by atoms with Crippen LogP contribution in [-0.4, -0.2) is 22.6 Å². The van der Waals surface area contributed by atoms with Crippen LogP contribution in [0.1, 0.15) is 16.2 Å². The minimum Gasteiger partial charge on any atom is -0.465 e. The monoisotopic (exact) mass is 266 g/mol. The summed E-state index contributed by atoms with van der Waals surface area (Å²) in [4.78, 5) is 16.5. The Hall–Kier alpha value is -2.62. The normalized spacial score (nSPS) is 10.7. The van der Waals surface area contributed by atoms with Gasteiger partial charge < -0.3 is 4.74 Å². The average Bonchev–Trinajstić information content (AvgIpc) is 2.83. The first-order valence-electron chi connectivity index (χ1n) is 6.34. The molecule has 0 aliphatic rings. The van der Waals surface area contributed by atoms with Crippen LogP contribution in [0.3, 0.4) is 0 Å². The van der Waals surface area contributed by atoms with Crippen molar-refractivity contribution in [2.75, 3.05) is 7.11 Å². The van der Waals surface area contributed by atoms with Crippen LogP contribution in [0, 0.1) is 6.92 Å². The van der Waals surface area contributed by atoms with Gasteiger partial charge in [-0.05, 0) is 31.2 Å². The summed E-state index contributed by atoms with van der Waals surface area (Å²) in [7, 11) is 1.39. The Morgan fingerprint density at radius 3 is 2.55 bits per heavy atom. The fraction of sp³-hybridized carbons (Fsp3) is 0.125. The number of rotatable bonds is 2. The molecule has 0 amide bonds. The number of hydrogen-bond donors (Lipinski definition) is 0. The highest BCUT2D eigenvalue weighted by atomic mass is 16.5. The molecule has 0 aliphatic heterocycles. The topological polar surface area (TPSA) is 44.1 Å². The van der Waals surface area contributed by atoms with Crippen molar-refractivity contribution in [3.63, 3.8) is 0 Å². The van der Waals surface area contributed by atoms with E-state index in [0.29, 0.717) is 5.56 Å². The zero-order valence-corrected chi connectivity index (χ0v) is 11.3. The molecule has 1 heterocycles. The Morgan fingerprint density at radius 2 is 1.85 bits per heavy atom. The largest absolute Gasteiger partial charge is 0.465 e. The van der Waals surface area contributed by atoms with Crippen LogP contribution in [0.25, 0.3) is 16.7 Å². The smallest absolute Gasteiger partial charge is 0.340 e. The van der Waals surface area contributed by atoms with Gasteiger partial charge >= 0.3 is 5.97 Å². The third kappa shape index (κ3) is 1.86. The Labute approximate surface area is 116 Å². The van der Waals surface area contributed by atoms with Crippen LogP contribution in [0.15, 0.2) is 48.5 Å². The molecule has 0 radical (unpaired) electrons. The van der Waals surface area contributed by atoms with Gasteiger partial charge in [-0.15, -0.1) is 0 Å². The lowest BCUT2D eigenvalue weighted by Gasteiger charge is -2.09. The molecule has 3 aromatic rings. The molecular formula is C16H14N2O2. The molecule has 0 N–H and O–H groups in total. The van der Waals surface area contributed by atoms with Crippen molar-refractivity contribution in [1.82, 2.24) is 9.55 Å². The molecular weight excluding hydrogens is 252 g/mol. The molecule has 1 aromatic heterocycles. The van der Waals surface area contributed by atoms with Crippen molar-refractivity contribution in [1.29, 1.82) is 0 Å². The number of ether oxygens (including phenoxy) is 1. The first kappa shape index (κ1) is 12.4. The predicted molar refractivity (Wildman–Crippen MR) is 77.1 cm³/mol. The molecule has 0 spiro atoms. The summed E-state index contributed by atoms with van der Waals surface area (Å²) in [5.74, 6) is 0.482. The SMILES string of the molecule is COC(=O)c1cccc2nc(C)n(-c3ccccc3)c12. The third-order valence-corrected chi connectivity index (χ3v) is 3.26. The van der Waals surface area contributed by atoms with E-state index in [1.54, 1.807) is 6.07 Å². The maximum atomic E-state index is 12.0. The summed E-state index contributed by atoms with van der Waals surface area (Å²) in [6.07, 6.45) is 0. The Morgan fingerprint density at radius 1 is 1.10 bits per heavy atom. The van der Waals surface area contributed by atoms with Crippen LogP contribution in [-0.2, 0) is 4.74 Å². The zero-order valence-electron chi connectivity index (χ0n) is 11.3. The highest BCUT2D eigenvalue weighted by Gasteiger charge is 2.17. The molecule has 2 aromatic carbocycles. The fourth-order valence-electron chi connectivity index (χ4n) is 2.41. The number of nitrogens with zero attached hydrogens (tertiary/aromatic N) is 2. The lowest BCUT2D eigenvalue weighted by molar-refractivity contribution is 0.0602. The van der Waals surface area contributed by atoms with Gasteiger partial charge in [-0.2, -0.15) is 0 Å². The van der Waals surface area contributed by atoms with Crippen molar-refractivity contribution < 1.29 is 9.53 Å². The van der Waals surface area contributed by atoms with Gasteiger partial charge in [0.25, 0.3) is 0 Å². The minimum absolute atomic E-state index is 0.354. The second kappa shape index (κ2) is 4.81.